The van der Waals surface area contributed by atoms with Crippen LogP contribution in [0.15, 0.2) is 24.3 Å². The summed E-state index contributed by atoms with van der Waals surface area (Å²) in [5, 5.41) is 8.04. The van der Waals surface area contributed by atoms with Gasteiger partial charge in [-0.2, -0.15) is 5.10 Å². The Morgan fingerprint density at radius 1 is 1.17 bits per heavy atom. The number of hydrogen-bond acceptors (Lipinski definition) is 2. The number of benzene rings is 1. The second-order valence-corrected chi connectivity index (χ2v) is 4.63. The van der Waals surface area contributed by atoms with Crippen molar-refractivity contribution in [3.63, 3.8) is 0 Å². The molecular formula is C15H21N3. The average molecular weight is 243 g/mol. The molecule has 0 fully saturated rings. The first-order valence-corrected chi connectivity index (χ1v) is 6.47. The quantitative estimate of drug-likeness (QED) is 0.895. The van der Waals surface area contributed by atoms with Gasteiger partial charge in [-0.15, -0.1) is 0 Å². The van der Waals surface area contributed by atoms with Crippen molar-refractivity contribution < 1.29 is 0 Å². The monoisotopic (exact) mass is 243 g/mol. The van der Waals surface area contributed by atoms with E-state index in [0.717, 1.165) is 18.8 Å². The molecule has 1 aromatic carbocycles. The van der Waals surface area contributed by atoms with Crippen molar-refractivity contribution in [1.82, 2.24) is 15.1 Å². The number of nitrogens with one attached hydrogen (secondary N) is 1. The van der Waals surface area contributed by atoms with Gasteiger partial charge in [0.15, 0.2) is 0 Å². The fraction of sp³-hybridized carbons (Fsp3) is 0.400. The molecule has 96 valence electrons. The van der Waals surface area contributed by atoms with Crippen molar-refractivity contribution in [2.24, 2.45) is 0 Å². The number of aryl methyl sites for hydroxylation is 2. The van der Waals surface area contributed by atoms with Crippen LogP contribution in [-0.2, 0) is 6.54 Å². The van der Waals surface area contributed by atoms with E-state index >= 15 is 0 Å². The van der Waals surface area contributed by atoms with Crippen LogP contribution in [0.5, 0.6) is 0 Å². The van der Waals surface area contributed by atoms with E-state index in [0.29, 0.717) is 0 Å². The van der Waals surface area contributed by atoms with Crippen LogP contribution < -0.4 is 5.32 Å². The minimum atomic E-state index is 0.889. The van der Waals surface area contributed by atoms with Crippen molar-refractivity contribution in [3.05, 3.63) is 46.8 Å². The Morgan fingerprint density at radius 2 is 1.89 bits per heavy atom. The number of rotatable bonds is 4. The number of hydrogen-bond donors (Lipinski definition) is 1. The summed E-state index contributed by atoms with van der Waals surface area (Å²) in [5.74, 6) is 0. The molecule has 1 N–H and O–H groups in total. The predicted octanol–water partition coefficient (Wildman–Crippen LogP) is 2.91. The topological polar surface area (TPSA) is 29.9 Å². The van der Waals surface area contributed by atoms with Gasteiger partial charge in [-0.1, -0.05) is 25.1 Å². The first-order chi connectivity index (χ1) is 8.65. The summed E-state index contributed by atoms with van der Waals surface area (Å²) in [7, 11) is 0. The summed E-state index contributed by atoms with van der Waals surface area (Å²) in [6.07, 6.45) is 0. The van der Waals surface area contributed by atoms with E-state index in [2.05, 4.69) is 67.1 Å². The van der Waals surface area contributed by atoms with Crippen LogP contribution in [0.2, 0.25) is 0 Å². The molecule has 0 saturated carbocycles. The second-order valence-electron chi connectivity index (χ2n) is 4.63. The lowest BCUT2D eigenvalue weighted by atomic mass is 10.1. The summed E-state index contributed by atoms with van der Waals surface area (Å²) < 4.78 is 2.05. The molecule has 3 heteroatoms. The molecule has 0 spiro atoms. The van der Waals surface area contributed by atoms with E-state index < -0.39 is 0 Å². The SMILES string of the molecule is CCNCc1c(C)nn(-c2ccccc2C)c1C. The van der Waals surface area contributed by atoms with Gasteiger partial charge >= 0.3 is 0 Å². The zero-order chi connectivity index (χ0) is 13.1. The smallest absolute Gasteiger partial charge is 0.0678 e. The first kappa shape index (κ1) is 12.8. The molecule has 1 heterocycles. The molecule has 0 unspecified atom stereocenters. The maximum absolute atomic E-state index is 4.67. The summed E-state index contributed by atoms with van der Waals surface area (Å²) in [6.45, 7) is 10.3. The maximum Gasteiger partial charge on any atom is 0.0678 e. The van der Waals surface area contributed by atoms with Gasteiger partial charge in [0.1, 0.15) is 0 Å². The minimum absolute atomic E-state index is 0.889. The largest absolute Gasteiger partial charge is 0.313 e. The van der Waals surface area contributed by atoms with Gasteiger partial charge in [0.05, 0.1) is 11.4 Å². The van der Waals surface area contributed by atoms with Gasteiger partial charge in [-0.25, -0.2) is 4.68 Å². The van der Waals surface area contributed by atoms with Crippen LogP contribution in [0.3, 0.4) is 0 Å². The lowest BCUT2D eigenvalue weighted by Gasteiger charge is -2.08. The molecule has 0 aliphatic carbocycles. The molecule has 0 amide bonds. The van der Waals surface area contributed by atoms with Crippen molar-refractivity contribution in [3.8, 4) is 5.69 Å². The maximum atomic E-state index is 4.67. The van der Waals surface area contributed by atoms with E-state index in [4.69, 9.17) is 0 Å². The van der Waals surface area contributed by atoms with Crippen LogP contribution in [-0.4, -0.2) is 16.3 Å². The zero-order valence-corrected chi connectivity index (χ0v) is 11.6. The molecule has 0 radical (unpaired) electrons. The number of para-hydroxylation sites is 1. The Bertz CT molecular complexity index is 541. The van der Waals surface area contributed by atoms with Gasteiger partial charge in [0.25, 0.3) is 0 Å². The molecule has 1 aromatic heterocycles. The Morgan fingerprint density at radius 3 is 2.56 bits per heavy atom. The van der Waals surface area contributed by atoms with Gasteiger partial charge in [-0.05, 0) is 38.9 Å². The van der Waals surface area contributed by atoms with Crippen LogP contribution in [0.25, 0.3) is 5.69 Å². The highest BCUT2D eigenvalue weighted by atomic mass is 15.3. The molecule has 18 heavy (non-hydrogen) atoms. The number of nitrogens with zero attached hydrogens (tertiary/aromatic N) is 2. The first-order valence-electron chi connectivity index (χ1n) is 6.47. The van der Waals surface area contributed by atoms with Crippen molar-refractivity contribution in [1.29, 1.82) is 0 Å². The minimum Gasteiger partial charge on any atom is -0.313 e. The zero-order valence-electron chi connectivity index (χ0n) is 11.6. The summed E-state index contributed by atoms with van der Waals surface area (Å²) in [5.41, 5.74) is 6.05. The standard InChI is InChI=1S/C15H21N3/c1-5-16-10-14-12(3)17-18(13(14)4)15-9-7-6-8-11(15)2/h6-9,16H,5,10H2,1-4H3. The van der Waals surface area contributed by atoms with Crippen LogP contribution in [0.1, 0.15) is 29.4 Å². The molecule has 0 atom stereocenters. The molecule has 2 rings (SSSR count). The van der Waals surface area contributed by atoms with Gasteiger partial charge in [0, 0.05) is 17.8 Å². The third kappa shape index (κ3) is 2.31. The molecule has 0 aliphatic rings. The predicted molar refractivity (Wildman–Crippen MR) is 75.2 cm³/mol. The molecule has 2 aromatic rings. The van der Waals surface area contributed by atoms with E-state index in [1.54, 1.807) is 0 Å². The van der Waals surface area contributed by atoms with E-state index in [1.807, 2.05) is 0 Å². The molecule has 3 nitrogen and oxygen atoms in total. The van der Waals surface area contributed by atoms with Crippen LogP contribution in [0.4, 0.5) is 0 Å². The van der Waals surface area contributed by atoms with Crippen molar-refractivity contribution >= 4 is 0 Å². The van der Waals surface area contributed by atoms with Crippen molar-refractivity contribution in [2.75, 3.05) is 6.54 Å². The average Bonchev–Trinajstić information content (AvgIpc) is 2.63. The fourth-order valence-electron chi connectivity index (χ4n) is 2.22. The molecule has 0 saturated heterocycles. The normalized spacial score (nSPS) is 10.9. The summed E-state index contributed by atoms with van der Waals surface area (Å²) >= 11 is 0. The molecule has 0 aliphatic heterocycles. The Hall–Kier alpha value is -1.61. The highest BCUT2D eigenvalue weighted by molar-refractivity contribution is 5.42. The molecular weight excluding hydrogens is 222 g/mol. The van der Waals surface area contributed by atoms with Gasteiger partial charge < -0.3 is 5.32 Å². The highest BCUT2D eigenvalue weighted by Crippen LogP contribution is 2.20. The molecule has 0 bridgehead atoms. The van der Waals surface area contributed by atoms with Gasteiger partial charge in [0.2, 0.25) is 0 Å². The van der Waals surface area contributed by atoms with E-state index in [-0.39, 0.29) is 0 Å². The Balaban J connectivity index is 2.44. The Labute approximate surface area is 109 Å². The Kier molecular flexibility index (Phi) is 3.82. The fourth-order valence-corrected chi connectivity index (χ4v) is 2.22. The lowest BCUT2D eigenvalue weighted by molar-refractivity contribution is 0.719. The third-order valence-corrected chi connectivity index (χ3v) is 3.34. The second kappa shape index (κ2) is 5.36. The summed E-state index contributed by atoms with van der Waals surface area (Å²) in [4.78, 5) is 0. The summed E-state index contributed by atoms with van der Waals surface area (Å²) in [6, 6.07) is 8.36. The third-order valence-electron chi connectivity index (χ3n) is 3.34. The van der Waals surface area contributed by atoms with Crippen LogP contribution >= 0.6 is 0 Å². The van der Waals surface area contributed by atoms with Gasteiger partial charge in [-0.3, -0.25) is 0 Å². The lowest BCUT2D eigenvalue weighted by Crippen LogP contribution is -2.13. The number of aromatic nitrogens is 2. The highest BCUT2D eigenvalue weighted by Gasteiger charge is 2.12. The van der Waals surface area contributed by atoms with Crippen LogP contribution in [0, 0.1) is 20.8 Å². The van der Waals surface area contributed by atoms with E-state index in [1.165, 1.54) is 22.5 Å². The van der Waals surface area contributed by atoms with Crippen molar-refractivity contribution in [2.45, 2.75) is 34.2 Å². The van der Waals surface area contributed by atoms with E-state index in [9.17, 15) is 0 Å².